The smallest absolute Gasteiger partial charge is 0.433 e. The highest BCUT2D eigenvalue weighted by Gasteiger charge is 2.34. The maximum atomic E-state index is 13.3. The van der Waals surface area contributed by atoms with Gasteiger partial charge in [0, 0.05) is 17.8 Å². The quantitative estimate of drug-likeness (QED) is 0.549. The Morgan fingerprint density at radius 2 is 1.90 bits per heavy atom. The summed E-state index contributed by atoms with van der Waals surface area (Å²) in [6, 6.07) is 4.55. The summed E-state index contributed by atoms with van der Waals surface area (Å²) in [5, 5.41) is 14.9. The molecule has 30 heavy (non-hydrogen) atoms. The standard InChI is InChI=1S/C19H23F3N4O4/c1-10(2)13(9-27)24-18-25-15(19(20,21)22)8-16(26-18)23-11-5-6-12(17(28)30-4)14(7-11)29-3/h5-8,10,13,27H,9H2,1-4H3,(H2,23,24,25,26)/t13-/m1/s1. The van der Waals surface area contributed by atoms with Gasteiger partial charge in [-0.3, -0.25) is 0 Å². The fourth-order valence-electron chi connectivity index (χ4n) is 2.51. The average Bonchev–Trinajstić information content (AvgIpc) is 2.70. The van der Waals surface area contributed by atoms with Crippen molar-refractivity contribution in [3.05, 3.63) is 35.5 Å². The van der Waals surface area contributed by atoms with Gasteiger partial charge in [-0.15, -0.1) is 0 Å². The lowest BCUT2D eigenvalue weighted by molar-refractivity contribution is -0.141. The molecule has 164 valence electrons. The van der Waals surface area contributed by atoms with E-state index in [0.717, 1.165) is 6.07 Å². The molecular weight excluding hydrogens is 405 g/mol. The Morgan fingerprint density at radius 3 is 2.43 bits per heavy atom. The molecule has 1 aromatic carbocycles. The first-order valence-electron chi connectivity index (χ1n) is 8.96. The lowest BCUT2D eigenvalue weighted by Gasteiger charge is -2.21. The first-order chi connectivity index (χ1) is 14.1. The number of ether oxygens (including phenoxy) is 2. The number of rotatable bonds is 8. The van der Waals surface area contributed by atoms with Crippen LogP contribution in [0.5, 0.6) is 5.75 Å². The zero-order chi connectivity index (χ0) is 22.5. The normalized spacial score (nSPS) is 12.4. The average molecular weight is 428 g/mol. The molecule has 2 rings (SSSR count). The molecule has 3 N–H and O–H groups in total. The Balaban J connectivity index is 2.41. The molecule has 0 aliphatic heterocycles. The van der Waals surface area contributed by atoms with E-state index >= 15 is 0 Å². The van der Waals surface area contributed by atoms with E-state index in [2.05, 4.69) is 25.3 Å². The van der Waals surface area contributed by atoms with Crippen LogP contribution in [0.15, 0.2) is 24.3 Å². The zero-order valence-corrected chi connectivity index (χ0v) is 16.9. The Bertz CT molecular complexity index is 891. The number of methoxy groups -OCH3 is 2. The predicted molar refractivity (Wildman–Crippen MR) is 104 cm³/mol. The maximum Gasteiger partial charge on any atom is 0.433 e. The monoisotopic (exact) mass is 428 g/mol. The molecule has 0 unspecified atom stereocenters. The molecule has 0 bridgehead atoms. The third kappa shape index (κ3) is 5.72. The molecule has 1 atom stereocenters. The summed E-state index contributed by atoms with van der Waals surface area (Å²) in [5.41, 5.74) is -0.657. The molecule has 0 aliphatic carbocycles. The van der Waals surface area contributed by atoms with Crippen molar-refractivity contribution in [2.45, 2.75) is 26.1 Å². The minimum Gasteiger partial charge on any atom is -0.496 e. The molecule has 2 aromatic rings. The van der Waals surface area contributed by atoms with Crippen LogP contribution in [0.1, 0.15) is 29.9 Å². The summed E-state index contributed by atoms with van der Waals surface area (Å²) in [4.78, 5) is 19.3. The third-order valence-corrected chi connectivity index (χ3v) is 4.21. The lowest BCUT2D eigenvalue weighted by Crippen LogP contribution is -2.30. The fraction of sp³-hybridized carbons (Fsp3) is 0.421. The van der Waals surface area contributed by atoms with Gasteiger partial charge in [0.1, 0.15) is 17.1 Å². The van der Waals surface area contributed by atoms with E-state index in [4.69, 9.17) is 4.74 Å². The van der Waals surface area contributed by atoms with Gasteiger partial charge in [-0.2, -0.15) is 18.2 Å². The van der Waals surface area contributed by atoms with Crippen LogP contribution >= 0.6 is 0 Å². The third-order valence-electron chi connectivity index (χ3n) is 4.21. The molecule has 0 aliphatic rings. The number of esters is 1. The molecule has 0 fully saturated rings. The van der Waals surface area contributed by atoms with E-state index in [-0.39, 0.29) is 35.6 Å². The first-order valence-corrected chi connectivity index (χ1v) is 8.96. The van der Waals surface area contributed by atoms with E-state index in [1.807, 2.05) is 0 Å². The van der Waals surface area contributed by atoms with Gasteiger partial charge in [-0.1, -0.05) is 13.8 Å². The van der Waals surface area contributed by atoms with Crippen LogP contribution in [0.4, 0.5) is 30.6 Å². The molecule has 0 saturated carbocycles. The summed E-state index contributed by atoms with van der Waals surface area (Å²) < 4.78 is 49.7. The Labute approximate surface area is 171 Å². The fourth-order valence-corrected chi connectivity index (χ4v) is 2.51. The number of hydrogen-bond acceptors (Lipinski definition) is 8. The number of benzene rings is 1. The number of aliphatic hydroxyl groups is 1. The van der Waals surface area contributed by atoms with Gasteiger partial charge in [0.25, 0.3) is 0 Å². The molecule has 0 saturated heterocycles. The maximum absolute atomic E-state index is 13.3. The zero-order valence-electron chi connectivity index (χ0n) is 16.9. The topological polar surface area (TPSA) is 106 Å². The predicted octanol–water partition coefficient (Wildman–Crippen LogP) is 3.46. The summed E-state index contributed by atoms with van der Waals surface area (Å²) in [7, 11) is 2.57. The van der Waals surface area contributed by atoms with Gasteiger partial charge in [0.15, 0.2) is 5.69 Å². The lowest BCUT2D eigenvalue weighted by atomic mass is 10.1. The van der Waals surface area contributed by atoms with Crippen molar-refractivity contribution in [2.24, 2.45) is 5.92 Å². The van der Waals surface area contributed by atoms with Crippen molar-refractivity contribution >= 4 is 23.4 Å². The SMILES string of the molecule is COC(=O)c1ccc(Nc2cc(C(F)(F)F)nc(N[C@H](CO)C(C)C)n2)cc1OC. The van der Waals surface area contributed by atoms with Gasteiger partial charge in [0.2, 0.25) is 5.95 Å². The van der Waals surface area contributed by atoms with Crippen LogP contribution < -0.4 is 15.4 Å². The molecule has 1 heterocycles. The van der Waals surface area contributed by atoms with E-state index in [0.29, 0.717) is 5.69 Å². The van der Waals surface area contributed by atoms with E-state index in [1.54, 1.807) is 13.8 Å². The van der Waals surface area contributed by atoms with Gasteiger partial charge < -0.3 is 25.2 Å². The van der Waals surface area contributed by atoms with Crippen LogP contribution in [-0.2, 0) is 10.9 Å². The minimum atomic E-state index is -4.70. The number of nitrogens with one attached hydrogen (secondary N) is 2. The summed E-state index contributed by atoms with van der Waals surface area (Å²) >= 11 is 0. The highest BCUT2D eigenvalue weighted by Crippen LogP contribution is 2.31. The summed E-state index contributed by atoms with van der Waals surface area (Å²) in [6.45, 7) is 3.30. The van der Waals surface area contributed by atoms with Gasteiger partial charge in [-0.25, -0.2) is 9.78 Å². The van der Waals surface area contributed by atoms with Crippen LogP contribution in [0.25, 0.3) is 0 Å². The number of anilines is 3. The second-order valence-corrected chi connectivity index (χ2v) is 6.67. The number of alkyl halides is 3. The van der Waals surface area contributed by atoms with Crippen molar-refractivity contribution in [2.75, 3.05) is 31.5 Å². The highest BCUT2D eigenvalue weighted by atomic mass is 19.4. The van der Waals surface area contributed by atoms with Crippen LogP contribution in [0.2, 0.25) is 0 Å². The van der Waals surface area contributed by atoms with Crippen molar-refractivity contribution in [3.63, 3.8) is 0 Å². The second-order valence-electron chi connectivity index (χ2n) is 6.67. The van der Waals surface area contributed by atoms with Crippen molar-refractivity contribution in [1.82, 2.24) is 9.97 Å². The molecule has 1 aromatic heterocycles. The Hall–Kier alpha value is -3.08. The molecule has 8 nitrogen and oxygen atoms in total. The largest absolute Gasteiger partial charge is 0.496 e. The number of aromatic nitrogens is 2. The molecule has 0 amide bonds. The highest BCUT2D eigenvalue weighted by molar-refractivity contribution is 5.93. The van der Waals surface area contributed by atoms with Crippen LogP contribution in [-0.4, -0.2) is 47.9 Å². The van der Waals surface area contributed by atoms with E-state index in [9.17, 15) is 23.1 Å². The Morgan fingerprint density at radius 1 is 1.20 bits per heavy atom. The second kappa shape index (κ2) is 9.61. The number of carbonyl (C=O) groups is 1. The van der Waals surface area contributed by atoms with Gasteiger partial charge >= 0.3 is 12.1 Å². The van der Waals surface area contributed by atoms with Gasteiger partial charge in [-0.05, 0) is 18.1 Å². The van der Waals surface area contributed by atoms with Crippen LogP contribution in [0.3, 0.4) is 0 Å². The van der Waals surface area contributed by atoms with Gasteiger partial charge in [0.05, 0.1) is 26.9 Å². The minimum absolute atomic E-state index is 0.0697. The van der Waals surface area contributed by atoms with E-state index < -0.39 is 23.9 Å². The number of hydrogen-bond donors (Lipinski definition) is 3. The number of halogens is 3. The Kier molecular flexibility index (Phi) is 7.43. The van der Waals surface area contributed by atoms with E-state index in [1.165, 1.54) is 32.4 Å². The number of nitrogens with zero attached hydrogens (tertiary/aromatic N) is 2. The van der Waals surface area contributed by atoms with Crippen molar-refractivity contribution in [1.29, 1.82) is 0 Å². The van der Waals surface area contributed by atoms with Crippen molar-refractivity contribution in [3.8, 4) is 5.75 Å². The van der Waals surface area contributed by atoms with Crippen LogP contribution in [0, 0.1) is 5.92 Å². The molecular formula is C19H23F3N4O4. The van der Waals surface area contributed by atoms with Crippen molar-refractivity contribution < 1.29 is 32.5 Å². The number of carbonyl (C=O) groups excluding carboxylic acids is 1. The molecule has 0 radical (unpaired) electrons. The number of aliphatic hydroxyl groups excluding tert-OH is 1. The summed E-state index contributed by atoms with van der Waals surface area (Å²) in [5.74, 6) is -0.920. The summed E-state index contributed by atoms with van der Waals surface area (Å²) in [6.07, 6.45) is -4.70. The molecule has 0 spiro atoms. The first kappa shape index (κ1) is 23.2. The molecule has 11 heteroatoms.